The maximum absolute atomic E-state index is 6.10. The van der Waals surface area contributed by atoms with Gasteiger partial charge < -0.3 is 19.9 Å². The van der Waals surface area contributed by atoms with Crippen LogP contribution in [0.25, 0.3) is 0 Å². The third-order valence-corrected chi connectivity index (χ3v) is 3.43. The van der Waals surface area contributed by atoms with Gasteiger partial charge in [-0.2, -0.15) is 0 Å². The van der Waals surface area contributed by atoms with E-state index >= 15 is 0 Å². The van der Waals surface area contributed by atoms with Crippen LogP contribution in [0.1, 0.15) is 24.4 Å². The fraction of sp³-hybridized carbons (Fsp3) is 0.400. The molecule has 0 aliphatic heterocycles. The molecule has 5 heteroatoms. The zero-order chi connectivity index (χ0) is 14.7. The Labute approximate surface area is 120 Å². The van der Waals surface area contributed by atoms with E-state index in [1.54, 1.807) is 13.3 Å². The summed E-state index contributed by atoms with van der Waals surface area (Å²) in [4.78, 5) is 6.50. The summed E-state index contributed by atoms with van der Waals surface area (Å²) < 4.78 is 7.44. The Morgan fingerprint density at radius 1 is 1.45 bits per heavy atom. The van der Waals surface area contributed by atoms with E-state index in [1.807, 2.05) is 43.9 Å². The molecule has 5 nitrogen and oxygen atoms in total. The molecule has 1 aromatic carbocycles. The normalized spacial score (nSPS) is 12.2. The fourth-order valence-corrected chi connectivity index (χ4v) is 2.35. The van der Waals surface area contributed by atoms with Crippen molar-refractivity contribution in [2.45, 2.75) is 19.5 Å². The molecule has 0 amide bonds. The molecule has 108 valence electrons. The fourth-order valence-electron chi connectivity index (χ4n) is 2.35. The molecule has 0 unspecified atom stereocenters. The van der Waals surface area contributed by atoms with Crippen LogP contribution < -0.4 is 15.4 Å². The highest BCUT2D eigenvalue weighted by molar-refractivity contribution is 5.60. The summed E-state index contributed by atoms with van der Waals surface area (Å²) in [5.74, 6) is 1.83. The lowest BCUT2D eigenvalue weighted by Crippen LogP contribution is -2.22. The van der Waals surface area contributed by atoms with Gasteiger partial charge in [0.15, 0.2) is 0 Å². The number of nitrogens with two attached hydrogens (primary N) is 1. The topological polar surface area (TPSA) is 56.3 Å². The third kappa shape index (κ3) is 2.77. The summed E-state index contributed by atoms with van der Waals surface area (Å²) in [6.07, 6.45) is 3.75. The van der Waals surface area contributed by atoms with Gasteiger partial charge in [-0.3, -0.25) is 0 Å². The van der Waals surface area contributed by atoms with Crippen molar-refractivity contribution in [1.82, 2.24) is 9.55 Å². The van der Waals surface area contributed by atoms with Gasteiger partial charge in [-0.15, -0.1) is 0 Å². The lowest BCUT2D eigenvalue weighted by atomic mass is 10.0. The number of anilines is 1. The van der Waals surface area contributed by atoms with Gasteiger partial charge in [0.2, 0.25) is 0 Å². The highest BCUT2D eigenvalue weighted by Crippen LogP contribution is 2.33. The van der Waals surface area contributed by atoms with Gasteiger partial charge in [-0.05, 0) is 19.1 Å². The minimum absolute atomic E-state index is 0.0926. The molecule has 2 aromatic rings. The number of ether oxygens (including phenoxy) is 1. The molecule has 0 saturated carbocycles. The van der Waals surface area contributed by atoms with E-state index in [1.165, 1.54) is 0 Å². The van der Waals surface area contributed by atoms with Gasteiger partial charge in [0, 0.05) is 43.8 Å². The number of hydrogen-bond acceptors (Lipinski definition) is 4. The summed E-state index contributed by atoms with van der Waals surface area (Å²) >= 11 is 0. The Balaban J connectivity index is 2.34. The van der Waals surface area contributed by atoms with E-state index in [4.69, 9.17) is 10.5 Å². The van der Waals surface area contributed by atoms with E-state index in [0.29, 0.717) is 0 Å². The number of aromatic nitrogens is 2. The molecular weight excluding hydrogens is 252 g/mol. The van der Waals surface area contributed by atoms with E-state index in [0.717, 1.165) is 29.4 Å². The number of rotatable bonds is 5. The molecule has 1 heterocycles. The van der Waals surface area contributed by atoms with Crippen LogP contribution in [-0.2, 0) is 13.6 Å². The molecule has 2 N–H and O–H groups in total. The number of imidazole rings is 1. The van der Waals surface area contributed by atoms with Crippen molar-refractivity contribution in [3.05, 3.63) is 42.0 Å². The summed E-state index contributed by atoms with van der Waals surface area (Å²) in [7, 11) is 5.70. The average Bonchev–Trinajstić information content (AvgIpc) is 2.83. The molecule has 0 spiro atoms. The summed E-state index contributed by atoms with van der Waals surface area (Å²) in [6.45, 7) is 2.69. The molecule has 0 fully saturated rings. The highest BCUT2D eigenvalue weighted by Gasteiger charge is 2.16. The van der Waals surface area contributed by atoms with Gasteiger partial charge in [-0.25, -0.2) is 4.98 Å². The Bertz CT molecular complexity index is 577. The first-order valence-electron chi connectivity index (χ1n) is 6.64. The lowest BCUT2D eigenvalue weighted by molar-refractivity contribution is 0.407. The van der Waals surface area contributed by atoms with Gasteiger partial charge in [0.25, 0.3) is 0 Å². The highest BCUT2D eigenvalue weighted by atomic mass is 16.5. The van der Waals surface area contributed by atoms with Crippen LogP contribution in [0.3, 0.4) is 0 Å². The van der Waals surface area contributed by atoms with Crippen LogP contribution in [-0.4, -0.2) is 23.7 Å². The van der Waals surface area contributed by atoms with Gasteiger partial charge in [0.1, 0.15) is 11.6 Å². The molecule has 0 saturated heterocycles. The Morgan fingerprint density at radius 3 is 2.75 bits per heavy atom. The van der Waals surface area contributed by atoms with Gasteiger partial charge in [-0.1, -0.05) is 6.07 Å². The standard InChI is InChI=1S/C15H22N4O/c1-11(16)15-12(6-5-7-13(15)20-4)19(3)10-14-17-8-9-18(14)2/h5-9,11H,10,16H2,1-4H3/t11-/m1/s1. The number of hydrogen-bond donors (Lipinski definition) is 1. The van der Waals surface area contributed by atoms with Crippen LogP contribution in [0.5, 0.6) is 5.75 Å². The largest absolute Gasteiger partial charge is 0.496 e. The van der Waals surface area contributed by atoms with E-state index in [-0.39, 0.29) is 6.04 Å². The number of nitrogens with zero attached hydrogens (tertiary/aromatic N) is 3. The number of aryl methyl sites for hydroxylation is 1. The maximum Gasteiger partial charge on any atom is 0.127 e. The monoisotopic (exact) mass is 274 g/mol. The SMILES string of the molecule is COc1cccc(N(C)Cc2nccn2C)c1[C@@H](C)N. The lowest BCUT2D eigenvalue weighted by Gasteiger charge is -2.25. The van der Waals surface area contributed by atoms with Crippen molar-refractivity contribution in [1.29, 1.82) is 0 Å². The first kappa shape index (κ1) is 14.4. The average molecular weight is 274 g/mol. The maximum atomic E-state index is 6.10. The second-order valence-corrected chi connectivity index (χ2v) is 4.99. The van der Waals surface area contributed by atoms with Crippen molar-refractivity contribution in [3.8, 4) is 5.75 Å². The van der Waals surface area contributed by atoms with Gasteiger partial charge >= 0.3 is 0 Å². The van der Waals surface area contributed by atoms with Gasteiger partial charge in [0.05, 0.1) is 13.7 Å². The molecule has 20 heavy (non-hydrogen) atoms. The van der Waals surface area contributed by atoms with E-state index in [2.05, 4.69) is 16.0 Å². The summed E-state index contributed by atoms with van der Waals surface area (Å²) in [6, 6.07) is 5.89. The minimum atomic E-state index is -0.0926. The van der Waals surface area contributed by atoms with Crippen molar-refractivity contribution in [3.63, 3.8) is 0 Å². The van der Waals surface area contributed by atoms with Crippen LogP contribution in [0.2, 0.25) is 0 Å². The zero-order valence-corrected chi connectivity index (χ0v) is 12.5. The van der Waals surface area contributed by atoms with Crippen molar-refractivity contribution in [2.75, 3.05) is 19.1 Å². The third-order valence-electron chi connectivity index (χ3n) is 3.43. The molecule has 0 aliphatic rings. The predicted molar refractivity (Wildman–Crippen MR) is 80.9 cm³/mol. The molecule has 2 rings (SSSR count). The summed E-state index contributed by atoms with van der Waals surface area (Å²) in [5, 5.41) is 0. The van der Waals surface area contributed by atoms with Crippen LogP contribution >= 0.6 is 0 Å². The smallest absolute Gasteiger partial charge is 0.127 e. The zero-order valence-electron chi connectivity index (χ0n) is 12.5. The Hall–Kier alpha value is -2.01. The quantitative estimate of drug-likeness (QED) is 0.907. The number of benzene rings is 1. The summed E-state index contributed by atoms with van der Waals surface area (Å²) in [5.41, 5.74) is 8.20. The second kappa shape index (κ2) is 5.96. The van der Waals surface area contributed by atoms with Crippen LogP contribution in [0, 0.1) is 0 Å². The minimum Gasteiger partial charge on any atom is -0.496 e. The van der Waals surface area contributed by atoms with Crippen LogP contribution in [0.4, 0.5) is 5.69 Å². The van der Waals surface area contributed by atoms with E-state index in [9.17, 15) is 0 Å². The molecule has 0 radical (unpaired) electrons. The Kier molecular flexibility index (Phi) is 4.29. The first-order chi connectivity index (χ1) is 9.54. The Morgan fingerprint density at radius 2 is 2.20 bits per heavy atom. The van der Waals surface area contributed by atoms with Crippen molar-refractivity contribution >= 4 is 5.69 Å². The molecule has 0 aliphatic carbocycles. The van der Waals surface area contributed by atoms with Crippen LogP contribution in [0.15, 0.2) is 30.6 Å². The molecule has 1 atom stereocenters. The van der Waals surface area contributed by atoms with Crippen molar-refractivity contribution in [2.24, 2.45) is 12.8 Å². The molecule has 1 aromatic heterocycles. The van der Waals surface area contributed by atoms with Crippen molar-refractivity contribution < 1.29 is 4.74 Å². The predicted octanol–water partition coefficient (Wildman–Crippen LogP) is 2.08. The molecule has 0 bridgehead atoms. The second-order valence-electron chi connectivity index (χ2n) is 4.99. The first-order valence-corrected chi connectivity index (χ1v) is 6.64. The molecular formula is C15H22N4O. The number of methoxy groups -OCH3 is 1. The van der Waals surface area contributed by atoms with E-state index < -0.39 is 0 Å².